The predicted molar refractivity (Wildman–Crippen MR) is 99.8 cm³/mol. The average Bonchev–Trinajstić information content (AvgIpc) is 2.54. The van der Waals surface area contributed by atoms with Crippen LogP contribution in [-0.2, 0) is 22.4 Å². The molecule has 0 heterocycles. The Kier molecular flexibility index (Phi) is 8.12. The zero-order chi connectivity index (χ0) is 17.6. The summed E-state index contributed by atoms with van der Waals surface area (Å²) in [6.07, 6.45) is 1.33. The fraction of sp³-hybridized carbons (Fsp3) is 0.300. The number of carbonyl (C=O) groups is 2. The van der Waals surface area contributed by atoms with Crippen molar-refractivity contribution in [2.45, 2.75) is 26.2 Å². The van der Waals surface area contributed by atoms with Gasteiger partial charge in [-0.1, -0.05) is 67.6 Å². The number of aliphatic carboxylic acids is 2. The van der Waals surface area contributed by atoms with Crippen LogP contribution in [0, 0.1) is 11.3 Å². The first-order chi connectivity index (χ1) is 11.4. The van der Waals surface area contributed by atoms with Gasteiger partial charge in [0, 0.05) is 0 Å². The summed E-state index contributed by atoms with van der Waals surface area (Å²) in [6.45, 7) is 1.96. The number of hydrogen-bond acceptors (Lipinski definition) is 2. The molecule has 0 aliphatic rings. The third-order valence-corrected chi connectivity index (χ3v) is 4.24. The molecule has 0 unspecified atom stereocenters. The molecule has 0 radical (unpaired) electrons. The van der Waals surface area contributed by atoms with Crippen molar-refractivity contribution in [1.82, 2.24) is 0 Å². The molecule has 0 bridgehead atoms. The Labute approximate surface area is 167 Å². The molecule has 2 N–H and O–H groups in total. The molecule has 5 heteroatoms. The molecular weight excluding hydrogens is 329 g/mol. The summed E-state index contributed by atoms with van der Waals surface area (Å²) in [5, 5.41) is 18.5. The predicted octanol–water partition coefficient (Wildman–Crippen LogP) is 3.50. The minimum atomic E-state index is -1.40. The molecule has 2 aromatic rings. The van der Waals surface area contributed by atoms with Gasteiger partial charge in [0.15, 0.2) is 5.92 Å². The second kappa shape index (κ2) is 9.58. The topological polar surface area (TPSA) is 74.6 Å². The van der Waals surface area contributed by atoms with Crippen LogP contribution in [0.5, 0.6) is 0 Å². The van der Waals surface area contributed by atoms with E-state index in [0.717, 1.165) is 11.1 Å². The van der Waals surface area contributed by atoms with E-state index in [4.69, 9.17) is 0 Å². The van der Waals surface area contributed by atoms with Crippen molar-refractivity contribution in [3.63, 3.8) is 0 Å². The van der Waals surface area contributed by atoms with Crippen LogP contribution in [0.15, 0.2) is 60.7 Å². The Bertz CT molecular complexity index is 640. The van der Waals surface area contributed by atoms with Crippen molar-refractivity contribution < 1.29 is 22.7 Å². The number of carboxylic acid groups (broad SMARTS) is 2. The third-order valence-electron chi connectivity index (χ3n) is 4.24. The van der Waals surface area contributed by atoms with Crippen LogP contribution in [0.25, 0.3) is 0 Å². The Morgan fingerprint density at radius 2 is 1.24 bits per heavy atom. The maximum atomic E-state index is 11.3. The maximum absolute atomic E-state index is 11.3. The second-order valence-electron chi connectivity index (χ2n) is 6.57. The van der Waals surface area contributed by atoms with Gasteiger partial charge in [0.2, 0.25) is 0 Å². The van der Waals surface area contributed by atoms with Crippen molar-refractivity contribution in [3.05, 3.63) is 71.8 Å². The zero-order valence-corrected chi connectivity index (χ0v) is 15.8. The van der Waals surface area contributed by atoms with Crippen molar-refractivity contribution in [1.29, 1.82) is 0 Å². The van der Waals surface area contributed by atoms with E-state index in [1.807, 2.05) is 67.6 Å². The molecule has 0 atom stereocenters. The van der Waals surface area contributed by atoms with Gasteiger partial charge in [-0.3, -0.25) is 9.59 Å². The van der Waals surface area contributed by atoms with E-state index in [-0.39, 0.29) is 32.3 Å². The van der Waals surface area contributed by atoms with Gasteiger partial charge in [0.05, 0.1) is 0 Å². The van der Waals surface area contributed by atoms with E-state index in [1.54, 1.807) is 0 Å². The molecule has 130 valence electrons. The first kappa shape index (κ1) is 21.2. The molecule has 0 fully saturated rings. The van der Waals surface area contributed by atoms with Gasteiger partial charge in [-0.05, 0) is 35.8 Å². The Balaban J connectivity index is 0. The van der Waals surface area contributed by atoms with E-state index in [2.05, 4.69) is 0 Å². The van der Waals surface area contributed by atoms with Gasteiger partial charge >= 0.3 is 35.0 Å². The normalized spacial score (nSPS) is 11.0. The molecule has 0 aromatic heterocycles. The molecule has 4 nitrogen and oxygen atoms in total. The number of rotatable bonds is 8. The first-order valence-corrected chi connectivity index (χ1v) is 7.93. The summed E-state index contributed by atoms with van der Waals surface area (Å²) in [7, 11) is 0. The number of benzene rings is 2. The van der Waals surface area contributed by atoms with Gasteiger partial charge in [-0.15, -0.1) is 0 Å². The Morgan fingerprint density at radius 3 is 1.56 bits per heavy atom. The zero-order valence-electron chi connectivity index (χ0n) is 16.4. The summed E-state index contributed by atoms with van der Waals surface area (Å²) in [6, 6.07) is 19.5. The largest absolute Gasteiger partial charge is 2.00 e. The molecule has 0 amide bonds. The molecule has 2 aromatic carbocycles. The number of carboxylic acids is 2. The molecule has 0 saturated heterocycles. The standard InChI is InChI=1S/C20H22O4.Mg.2H/c1-20(12-15-8-4-2-5-9-15,13-16-10-6-3-7-11-16)14-17(18(21)22)19(23)24;;;/h2-11,17H,12-14H2,1H3,(H,21,22)(H,23,24);;;/q;+2;2*-1. The second-order valence-corrected chi connectivity index (χ2v) is 6.57. The quantitative estimate of drug-likeness (QED) is 0.563. The van der Waals surface area contributed by atoms with Crippen LogP contribution in [0.1, 0.15) is 27.3 Å². The molecule has 0 aliphatic heterocycles. The van der Waals surface area contributed by atoms with E-state index in [1.165, 1.54) is 0 Å². The van der Waals surface area contributed by atoms with Gasteiger partial charge < -0.3 is 13.1 Å². The summed E-state index contributed by atoms with van der Waals surface area (Å²) in [4.78, 5) is 22.7. The molecule has 0 spiro atoms. The van der Waals surface area contributed by atoms with Crippen LogP contribution >= 0.6 is 0 Å². The van der Waals surface area contributed by atoms with Crippen molar-refractivity contribution >= 4 is 35.0 Å². The van der Waals surface area contributed by atoms with E-state index >= 15 is 0 Å². The van der Waals surface area contributed by atoms with E-state index in [0.29, 0.717) is 12.8 Å². The molecular formula is C20H24MgO4. The van der Waals surface area contributed by atoms with Gasteiger partial charge in [-0.2, -0.15) is 0 Å². The molecule has 2 rings (SSSR count). The fourth-order valence-corrected chi connectivity index (χ4v) is 3.16. The van der Waals surface area contributed by atoms with Crippen LogP contribution in [0.2, 0.25) is 0 Å². The molecule has 0 aliphatic carbocycles. The summed E-state index contributed by atoms with van der Waals surface area (Å²) >= 11 is 0. The summed E-state index contributed by atoms with van der Waals surface area (Å²) in [5.41, 5.74) is 1.68. The van der Waals surface area contributed by atoms with Crippen LogP contribution < -0.4 is 0 Å². The third kappa shape index (κ3) is 6.51. The SMILES string of the molecule is CC(Cc1ccccc1)(Cc1ccccc1)CC(C(=O)O)C(=O)O.[H-].[H-].[Mg+2]. The smallest absolute Gasteiger partial charge is 1.00 e. The van der Waals surface area contributed by atoms with Crippen molar-refractivity contribution in [2.75, 3.05) is 0 Å². The number of hydrogen-bond donors (Lipinski definition) is 2. The van der Waals surface area contributed by atoms with Crippen LogP contribution in [-0.4, -0.2) is 45.2 Å². The summed E-state index contributed by atoms with van der Waals surface area (Å²) < 4.78 is 0. The van der Waals surface area contributed by atoms with Crippen molar-refractivity contribution in [3.8, 4) is 0 Å². The average molecular weight is 353 g/mol. The molecule has 25 heavy (non-hydrogen) atoms. The Morgan fingerprint density at radius 1 is 0.880 bits per heavy atom. The van der Waals surface area contributed by atoms with Crippen LogP contribution in [0.3, 0.4) is 0 Å². The van der Waals surface area contributed by atoms with Gasteiger partial charge in [-0.25, -0.2) is 0 Å². The first-order valence-electron chi connectivity index (χ1n) is 7.93. The van der Waals surface area contributed by atoms with Crippen LogP contribution in [0.4, 0.5) is 0 Å². The van der Waals surface area contributed by atoms with Gasteiger partial charge in [0.1, 0.15) is 0 Å². The summed E-state index contributed by atoms with van der Waals surface area (Å²) in [5.74, 6) is -3.97. The minimum Gasteiger partial charge on any atom is -1.00 e. The van der Waals surface area contributed by atoms with E-state index < -0.39 is 23.3 Å². The Hall–Kier alpha value is -1.85. The van der Waals surface area contributed by atoms with Crippen molar-refractivity contribution in [2.24, 2.45) is 11.3 Å². The van der Waals surface area contributed by atoms with E-state index in [9.17, 15) is 19.8 Å². The maximum Gasteiger partial charge on any atom is 2.00 e. The molecule has 0 saturated carbocycles. The minimum absolute atomic E-state index is 0. The fourth-order valence-electron chi connectivity index (χ4n) is 3.16. The monoisotopic (exact) mass is 352 g/mol. The van der Waals surface area contributed by atoms with Gasteiger partial charge in [0.25, 0.3) is 0 Å².